The Labute approximate surface area is 161 Å². The number of rotatable bonds is 4. The molecule has 3 rings (SSSR count). The molecule has 0 aromatic heterocycles. The molecule has 5 nitrogen and oxygen atoms in total. The van der Waals surface area contributed by atoms with Gasteiger partial charge in [0.2, 0.25) is 0 Å². The summed E-state index contributed by atoms with van der Waals surface area (Å²) in [5.41, 5.74) is 2.72. The van der Waals surface area contributed by atoms with E-state index in [1.165, 1.54) is 12.1 Å². The molecule has 1 aliphatic rings. The molecule has 0 unspecified atom stereocenters. The Balaban J connectivity index is 1.86. The average Bonchev–Trinajstić information content (AvgIpc) is 2.94. The molecule has 0 bridgehead atoms. The van der Waals surface area contributed by atoms with Crippen LogP contribution in [-0.2, 0) is 10.0 Å². The Morgan fingerprint density at radius 3 is 2.15 bits per heavy atom. The molecule has 2 aromatic carbocycles. The van der Waals surface area contributed by atoms with E-state index in [2.05, 4.69) is 4.72 Å². The zero-order valence-corrected chi connectivity index (χ0v) is 16.7. The number of nitrogens with zero attached hydrogens (tertiary/aromatic N) is 1. The summed E-state index contributed by atoms with van der Waals surface area (Å²) >= 11 is 0. The van der Waals surface area contributed by atoms with Gasteiger partial charge in [-0.1, -0.05) is 37.1 Å². The molecular weight excluding hydrogens is 360 g/mol. The molecule has 6 heteroatoms. The molecule has 0 atom stereocenters. The van der Waals surface area contributed by atoms with Gasteiger partial charge < -0.3 is 4.90 Å². The SMILES string of the molecule is Cc1cccc(C)c1NS(=O)(=O)c1cccc(C(=O)N2CCCCCC2)c1. The number of aryl methyl sites for hydroxylation is 2. The number of para-hydroxylation sites is 1. The fourth-order valence-corrected chi connectivity index (χ4v) is 4.67. The summed E-state index contributed by atoms with van der Waals surface area (Å²) in [6, 6.07) is 11.9. The molecule has 2 aromatic rings. The van der Waals surface area contributed by atoms with Crippen LogP contribution in [0.3, 0.4) is 0 Å². The Morgan fingerprint density at radius 2 is 1.52 bits per heavy atom. The van der Waals surface area contributed by atoms with Crippen LogP contribution in [0.4, 0.5) is 5.69 Å². The molecule has 27 heavy (non-hydrogen) atoms. The van der Waals surface area contributed by atoms with Crippen LogP contribution in [0, 0.1) is 13.8 Å². The lowest BCUT2D eigenvalue weighted by atomic mass is 10.1. The fraction of sp³-hybridized carbons (Fsp3) is 0.381. The van der Waals surface area contributed by atoms with Crippen LogP contribution in [0.2, 0.25) is 0 Å². The largest absolute Gasteiger partial charge is 0.339 e. The van der Waals surface area contributed by atoms with Gasteiger partial charge in [0.15, 0.2) is 0 Å². The van der Waals surface area contributed by atoms with Gasteiger partial charge >= 0.3 is 0 Å². The summed E-state index contributed by atoms with van der Waals surface area (Å²) in [5, 5.41) is 0. The van der Waals surface area contributed by atoms with Crippen molar-refractivity contribution in [2.45, 2.75) is 44.4 Å². The van der Waals surface area contributed by atoms with Gasteiger partial charge in [-0.15, -0.1) is 0 Å². The lowest BCUT2D eigenvalue weighted by Gasteiger charge is -2.20. The van der Waals surface area contributed by atoms with Crippen molar-refractivity contribution in [3.05, 3.63) is 59.2 Å². The van der Waals surface area contributed by atoms with Crippen molar-refractivity contribution in [1.82, 2.24) is 4.90 Å². The first-order chi connectivity index (χ1) is 12.9. The summed E-state index contributed by atoms with van der Waals surface area (Å²) in [4.78, 5) is 14.7. The van der Waals surface area contributed by atoms with Crippen molar-refractivity contribution in [3.8, 4) is 0 Å². The Kier molecular flexibility index (Phi) is 5.85. The number of nitrogens with one attached hydrogen (secondary N) is 1. The number of sulfonamides is 1. The Hall–Kier alpha value is -2.34. The van der Waals surface area contributed by atoms with Gasteiger partial charge in [0.1, 0.15) is 0 Å². The second-order valence-electron chi connectivity index (χ2n) is 7.11. The number of hydrogen-bond donors (Lipinski definition) is 1. The summed E-state index contributed by atoms with van der Waals surface area (Å²) in [5.74, 6) is -0.0963. The molecular formula is C21H26N2O3S. The number of carbonyl (C=O) groups excluding carboxylic acids is 1. The van der Waals surface area contributed by atoms with E-state index in [-0.39, 0.29) is 10.8 Å². The topological polar surface area (TPSA) is 66.5 Å². The van der Waals surface area contributed by atoms with Crippen LogP contribution in [0.25, 0.3) is 0 Å². The highest BCUT2D eigenvalue weighted by Crippen LogP contribution is 2.24. The first kappa shape index (κ1) is 19.4. The monoisotopic (exact) mass is 386 g/mol. The molecule has 1 fully saturated rings. The van der Waals surface area contributed by atoms with Crippen molar-refractivity contribution in [3.63, 3.8) is 0 Å². The van der Waals surface area contributed by atoms with Gasteiger partial charge in [-0.05, 0) is 56.0 Å². The van der Waals surface area contributed by atoms with E-state index in [1.807, 2.05) is 36.9 Å². The molecule has 0 radical (unpaired) electrons. The predicted octanol–water partition coefficient (Wildman–Crippen LogP) is 4.12. The molecule has 144 valence electrons. The van der Waals surface area contributed by atoms with Crippen molar-refractivity contribution < 1.29 is 13.2 Å². The lowest BCUT2D eigenvalue weighted by Crippen LogP contribution is -2.32. The third-order valence-electron chi connectivity index (χ3n) is 5.00. The predicted molar refractivity (Wildman–Crippen MR) is 108 cm³/mol. The minimum absolute atomic E-state index is 0.0963. The highest BCUT2D eigenvalue weighted by Gasteiger charge is 2.21. The summed E-state index contributed by atoms with van der Waals surface area (Å²) in [6.07, 6.45) is 4.27. The normalized spacial score (nSPS) is 15.3. The number of hydrogen-bond acceptors (Lipinski definition) is 3. The van der Waals surface area contributed by atoms with E-state index in [0.29, 0.717) is 11.3 Å². The number of anilines is 1. The van der Waals surface area contributed by atoms with Gasteiger partial charge in [-0.25, -0.2) is 8.42 Å². The molecule has 0 spiro atoms. The van der Waals surface area contributed by atoms with E-state index in [4.69, 9.17) is 0 Å². The smallest absolute Gasteiger partial charge is 0.261 e. The minimum Gasteiger partial charge on any atom is -0.339 e. The number of benzene rings is 2. The first-order valence-electron chi connectivity index (χ1n) is 9.37. The van der Waals surface area contributed by atoms with E-state index < -0.39 is 10.0 Å². The molecule has 1 amide bonds. The maximum absolute atomic E-state index is 12.9. The van der Waals surface area contributed by atoms with Crippen LogP contribution < -0.4 is 4.72 Å². The number of carbonyl (C=O) groups is 1. The summed E-state index contributed by atoms with van der Waals surface area (Å²) < 4.78 is 28.4. The Bertz CT molecular complexity index is 910. The van der Waals surface area contributed by atoms with Crippen molar-refractivity contribution in [2.75, 3.05) is 17.8 Å². The summed E-state index contributed by atoms with van der Waals surface area (Å²) in [7, 11) is -3.77. The third kappa shape index (κ3) is 4.50. The average molecular weight is 387 g/mol. The zero-order chi connectivity index (χ0) is 19.4. The van der Waals surface area contributed by atoms with Crippen LogP contribution in [0.1, 0.15) is 47.2 Å². The lowest BCUT2D eigenvalue weighted by molar-refractivity contribution is 0.0761. The van der Waals surface area contributed by atoms with Crippen molar-refractivity contribution in [1.29, 1.82) is 0 Å². The number of likely N-dealkylation sites (tertiary alicyclic amines) is 1. The fourth-order valence-electron chi connectivity index (χ4n) is 3.42. The maximum Gasteiger partial charge on any atom is 0.261 e. The highest BCUT2D eigenvalue weighted by atomic mass is 32.2. The van der Waals surface area contributed by atoms with Crippen LogP contribution in [0.5, 0.6) is 0 Å². The molecule has 1 aliphatic heterocycles. The second kappa shape index (κ2) is 8.13. The first-order valence-corrected chi connectivity index (χ1v) is 10.9. The minimum atomic E-state index is -3.77. The van der Waals surface area contributed by atoms with Gasteiger partial charge in [0, 0.05) is 18.7 Å². The van der Waals surface area contributed by atoms with Crippen molar-refractivity contribution >= 4 is 21.6 Å². The quantitative estimate of drug-likeness (QED) is 0.859. The van der Waals surface area contributed by atoms with Crippen LogP contribution >= 0.6 is 0 Å². The molecule has 1 saturated heterocycles. The van der Waals surface area contributed by atoms with E-state index in [9.17, 15) is 13.2 Å². The van der Waals surface area contributed by atoms with Crippen molar-refractivity contribution in [2.24, 2.45) is 0 Å². The van der Waals surface area contributed by atoms with E-state index in [1.54, 1.807) is 12.1 Å². The number of amides is 1. The van der Waals surface area contributed by atoms with E-state index in [0.717, 1.165) is 49.9 Å². The van der Waals surface area contributed by atoms with Crippen LogP contribution in [-0.4, -0.2) is 32.3 Å². The van der Waals surface area contributed by atoms with Crippen LogP contribution in [0.15, 0.2) is 47.4 Å². The van der Waals surface area contributed by atoms with Gasteiger partial charge in [-0.2, -0.15) is 0 Å². The standard InChI is InChI=1S/C21H26N2O3S/c1-16-9-7-10-17(2)20(16)22-27(25,26)19-12-8-11-18(15-19)21(24)23-13-5-3-4-6-14-23/h7-12,15,22H,3-6,13-14H2,1-2H3. The van der Waals surface area contributed by atoms with Gasteiger partial charge in [0.05, 0.1) is 10.6 Å². The molecule has 1 N–H and O–H groups in total. The third-order valence-corrected chi connectivity index (χ3v) is 6.35. The highest BCUT2D eigenvalue weighted by molar-refractivity contribution is 7.92. The van der Waals surface area contributed by atoms with Gasteiger partial charge in [0.25, 0.3) is 15.9 Å². The molecule has 0 saturated carbocycles. The van der Waals surface area contributed by atoms with E-state index >= 15 is 0 Å². The zero-order valence-electron chi connectivity index (χ0n) is 15.9. The Morgan fingerprint density at radius 1 is 0.926 bits per heavy atom. The molecule has 1 heterocycles. The summed E-state index contributed by atoms with van der Waals surface area (Å²) in [6.45, 7) is 5.20. The van der Waals surface area contributed by atoms with Gasteiger partial charge in [-0.3, -0.25) is 9.52 Å². The maximum atomic E-state index is 12.9. The molecule has 0 aliphatic carbocycles. The second-order valence-corrected chi connectivity index (χ2v) is 8.79.